The van der Waals surface area contributed by atoms with E-state index < -0.39 is 73.2 Å². The summed E-state index contributed by atoms with van der Waals surface area (Å²) in [6.45, 7) is 1.16. The number of aliphatic carboxylic acids is 1. The van der Waals surface area contributed by atoms with Gasteiger partial charge in [0, 0.05) is 5.69 Å². The fourth-order valence-corrected chi connectivity index (χ4v) is 2.91. The average molecular weight is 537 g/mol. The summed E-state index contributed by atoms with van der Waals surface area (Å²) in [4.78, 5) is 69.8. The first kappa shape index (κ1) is 32.0. The van der Waals surface area contributed by atoms with Crippen LogP contribution < -0.4 is 32.3 Å². The van der Waals surface area contributed by atoms with Crippen LogP contribution in [0.1, 0.15) is 32.3 Å². The van der Waals surface area contributed by atoms with Crippen molar-refractivity contribution < 1.29 is 39.0 Å². The number of hydrogen-bond acceptors (Lipinski definition) is 8. The molecule has 5 amide bonds. The number of carbonyl (C=O) groups is 6. The van der Waals surface area contributed by atoms with Crippen LogP contribution in [0.5, 0.6) is 0 Å². The number of nitrogens with one attached hydrogen (secondary N) is 5. The number of anilines is 1. The Morgan fingerprint density at radius 3 is 1.76 bits per heavy atom. The highest BCUT2D eigenvalue weighted by Gasteiger charge is 2.26. The van der Waals surface area contributed by atoms with Crippen molar-refractivity contribution in [3.8, 4) is 0 Å². The summed E-state index contributed by atoms with van der Waals surface area (Å²) in [7, 11) is 0. The monoisotopic (exact) mass is 536 g/mol. The lowest BCUT2D eigenvalue weighted by molar-refractivity contribution is -0.147. The lowest BCUT2D eigenvalue weighted by Gasteiger charge is -2.18. The van der Waals surface area contributed by atoms with Crippen molar-refractivity contribution in [1.82, 2.24) is 21.3 Å². The van der Waals surface area contributed by atoms with Crippen molar-refractivity contribution in [3.05, 3.63) is 29.8 Å². The van der Waals surface area contributed by atoms with Crippen LogP contribution in [0.2, 0.25) is 0 Å². The van der Waals surface area contributed by atoms with E-state index in [4.69, 9.17) is 15.9 Å². The van der Waals surface area contributed by atoms with E-state index in [-0.39, 0.29) is 6.54 Å². The van der Waals surface area contributed by atoms with Gasteiger partial charge in [-0.3, -0.25) is 28.8 Å². The van der Waals surface area contributed by atoms with Gasteiger partial charge in [0.15, 0.2) is 0 Å². The molecule has 9 N–H and O–H groups in total. The lowest BCUT2D eigenvalue weighted by Crippen LogP contribution is -2.48. The first-order chi connectivity index (χ1) is 17.8. The molecule has 0 saturated carbocycles. The van der Waals surface area contributed by atoms with Gasteiger partial charge in [-0.1, -0.05) is 12.1 Å². The first-order valence-electron chi connectivity index (χ1n) is 11.9. The number of nitrogens with two attached hydrogens (primary N) is 1. The number of aliphatic hydroxyl groups excluding tert-OH is 1. The van der Waals surface area contributed by atoms with Gasteiger partial charge in [0.2, 0.25) is 29.5 Å². The summed E-state index contributed by atoms with van der Waals surface area (Å²) in [6, 6.07) is 5.91. The molecule has 0 aliphatic carbocycles. The lowest BCUT2D eigenvalue weighted by atomic mass is 9.87. The Bertz CT molecular complexity index is 996. The molecule has 14 heteroatoms. The van der Waals surface area contributed by atoms with Gasteiger partial charge in [0.25, 0.3) is 0 Å². The summed E-state index contributed by atoms with van der Waals surface area (Å²) >= 11 is 0. The van der Waals surface area contributed by atoms with Crippen LogP contribution in [0.4, 0.5) is 5.69 Å². The van der Waals surface area contributed by atoms with Gasteiger partial charge in [-0.2, -0.15) is 0 Å². The summed E-state index contributed by atoms with van der Waals surface area (Å²) in [5.74, 6) is -3.99. The molecule has 0 heterocycles. The quantitative estimate of drug-likeness (QED) is 0.115. The smallest absolute Gasteiger partial charge is 0.309 e. The fourth-order valence-electron chi connectivity index (χ4n) is 2.91. The molecule has 1 atom stereocenters. The maximum Gasteiger partial charge on any atom is 0.309 e. The SMILES string of the molecule is CC(C)(CCCc1ccc(NC(=O)CNC(=O)CNC(=O)CNC(=O)CNC(=O)[C@@H](N)CO)cc1)C(=O)O. The predicted octanol–water partition coefficient (Wildman–Crippen LogP) is -2.16. The molecular weight excluding hydrogens is 500 g/mol. The Balaban J connectivity index is 2.25. The second kappa shape index (κ2) is 15.9. The second-order valence-electron chi connectivity index (χ2n) is 9.12. The molecule has 14 nitrogen and oxygen atoms in total. The van der Waals surface area contributed by atoms with Crippen molar-refractivity contribution in [3.63, 3.8) is 0 Å². The van der Waals surface area contributed by atoms with Crippen molar-refractivity contribution in [2.45, 2.75) is 39.2 Å². The fraction of sp³-hybridized carbons (Fsp3) is 0.500. The molecule has 0 aliphatic heterocycles. The number of carbonyl (C=O) groups excluding carboxylic acids is 5. The normalized spacial score (nSPS) is 11.6. The van der Waals surface area contributed by atoms with E-state index in [9.17, 15) is 28.8 Å². The first-order valence-corrected chi connectivity index (χ1v) is 11.9. The number of hydrogen-bond donors (Lipinski definition) is 8. The van der Waals surface area contributed by atoms with Gasteiger partial charge < -0.3 is 42.5 Å². The van der Waals surface area contributed by atoms with Gasteiger partial charge >= 0.3 is 5.97 Å². The Morgan fingerprint density at radius 1 is 0.816 bits per heavy atom. The Kier molecular flexibility index (Phi) is 13.4. The minimum absolute atomic E-state index is 0.326. The molecule has 0 aliphatic rings. The van der Waals surface area contributed by atoms with Crippen LogP contribution in [-0.2, 0) is 35.2 Å². The number of aliphatic hydroxyl groups is 1. The summed E-state index contributed by atoms with van der Waals surface area (Å²) in [5.41, 5.74) is 6.02. The predicted molar refractivity (Wildman–Crippen MR) is 137 cm³/mol. The molecule has 210 valence electrons. The molecule has 0 saturated heterocycles. The van der Waals surface area contributed by atoms with Crippen LogP contribution >= 0.6 is 0 Å². The third kappa shape index (κ3) is 12.8. The van der Waals surface area contributed by atoms with Crippen LogP contribution in [0.25, 0.3) is 0 Å². The van der Waals surface area contributed by atoms with Gasteiger partial charge in [-0.05, 0) is 50.8 Å². The van der Waals surface area contributed by atoms with E-state index in [1.165, 1.54) is 0 Å². The molecule has 0 radical (unpaired) electrons. The molecule has 0 spiro atoms. The molecule has 1 aromatic rings. The molecule has 0 unspecified atom stereocenters. The zero-order valence-electron chi connectivity index (χ0n) is 21.5. The number of aryl methyl sites for hydroxylation is 1. The van der Waals surface area contributed by atoms with Gasteiger partial charge in [0.1, 0.15) is 6.04 Å². The number of carboxylic acids is 1. The molecule has 0 bridgehead atoms. The number of benzene rings is 1. The van der Waals surface area contributed by atoms with E-state index in [0.717, 1.165) is 5.56 Å². The highest BCUT2D eigenvalue weighted by atomic mass is 16.4. The number of rotatable bonds is 16. The Hall–Kier alpha value is -4.04. The van der Waals surface area contributed by atoms with Crippen LogP contribution in [0.3, 0.4) is 0 Å². The van der Waals surface area contributed by atoms with E-state index in [2.05, 4.69) is 26.6 Å². The maximum atomic E-state index is 12.1. The van der Waals surface area contributed by atoms with Crippen LogP contribution in [0, 0.1) is 5.41 Å². The van der Waals surface area contributed by atoms with Crippen molar-refractivity contribution in [2.75, 3.05) is 38.1 Å². The average Bonchev–Trinajstić information content (AvgIpc) is 2.88. The van der Waals surface area contributed by atoms with Crippen molar-refractivity contribution in [1.29, 1.82) is 0 Å². The molecule has 1 rings (SSSR count). The molecular formula is C24H36N6O8. The van der Waals surface area contributed by atoms with E-state index in [1.807, 2.05) is 12.1 Å². The molecule has 38 heavy (non-hydrogen) atoms. The topological polar surface area (TPSA) is 229 Å². The number of carboxylic acid groups (broad SMARTS) is 1. The largest absolute Gasteiger partial charge is 0.481 e. The number of amides is 5. The third-order valence-corrected chi connectivity index (χ3v) is 5.38. The third-order valence-electron chi connectivity index (χ3n) is 5.38. The Morgan fingerprint density at radius 2 is 1.29 bits per heavy atom. The van der Waals surface area contributed by atoms with Gasteiger partial charge in [-0.15, -0.1) is 0 Å². The van der Waals surface area contributed by atoms with Crippen molar-refractivity contribution in [2.24, 2.45) is 11.1 Å². The molecule has 0 aromatic heterocycles. The highest BCUT2D eigenvalue weighted by molar-refractivity contribution is 5.95. The van der Waals surface area contributed by atoms with Gasteiger partial charge in [0.05, 0.1) is 38.2 Å². The van der Waals surface area contributed by atoms with Crippen LogP contribution in [-0.4, -0.2) is 84.5 Å². The standard InChI is InChI=1S/C24H36N6O8/c1-24(2,23(37)38)9-3-4-15-5-7-16(8-6-15)30-21(35)13-28-19(33)11-26-18(32)10-27-20(34)12-29-22(36)17(25)14-31/h5-8,17,31H,3-4,9-14,25H2,1-2H3,(H,26,32)(H,27,34)(H,28,33)(H,29,36)(H,30,35)(H,37,38)/t17-/m0/s1. The summed E-state index contributed by atoms with van der Waals surface area (Å²) < 4.78 is 0. The van der Waals surface area contributed by atoms with E-state index >= 15 is 0 Å². The highest BCUT2D eigenvalue weighted by Crippen LogP contribution is 2.23. The van der Waals surface area contributed by atoms with Crippen molar-refractivity contribution >= 4 is 41.2 Å². The second-order valence-corrected chi connectivity index (χ2v) is 9.12. The summed E-state index contributed by atoms with van der Waals surface area (Å²) in [6.07, 6.45) is 1.95. The maximum absolute atomic E-state index is 12.1. The zero-order chi connectivity index (χ0) is 28.7. The summed E-state index contributed by atoms with van der Waals surface area (Å²) in [5, 5.41) is 29.6. The van der Waals surface area contributed by atoms with Crippen LogP contribution in [0.15, 0.2) is 24.3 Å². The van der Waals surface area contributed by atoms with E-state index in [1.54, 1.807) is 26.0 Å². The Labute approximate surface area is 220 Å². The molecule has 1 aromatic carbocycles. The zero-order valence-corrected chi connectivity index (χ0v) is 21.5. The minimum atomic E-state index is -1.16. The minimum Gasteiger partial charge on any atom is -0.481 e. The van der Waals surface area contributed by atoms with Gasteiger partial charge in [-0.25, -0.2) is 0 Å². The molecule has 0 fully saturated rings. The van der Waals surface area contributed by atoms with E-state index in [0.29, 0.717) is 24.9 Å².